The zero-order valence-electron chi connectivity index (χ0n) is 11.5. The number of aryl methyl sites for hydroxylation is 1. The van der Waals surface area contributed by atoms with Crippen molar-refractivity contribution in [1.29, 1.82) is 0 Å². The Morgan fingerprint density at radius 1 is 1.44 bits per heavy atom. The minimum absolute atomic E-state index is 0.0665. The molecule has 0 aliphatic rings. The van der Waals surface area contributed by atoms with Crippen molar-refractivity contribution in [3.63, 3.8) is 0 Å². The van der Waals surface area contributed by atoms with E-state index in [1.807, 2.05) is 4.68 Å². The number of aliphatic hydroxyl groups is 1. The molecule has 0 amide bonds. The van der Waals surface area contributed by atoms with Crippen LogP contribution in [0.1, 0.15) is 27.2 Å². The van der Waals surface area contributed by atoms with Crippen molar-refractivity contribution in [2.45, 2.75) is 39.8 Å². The molecule has 0 saturated carbocycles. The highest BCUT2D eigenvalue weighted by molar-refractivity contribution is 5.37. The molecule has 0 spiro atoms. The molecule has 0 atom stereocenters. The molecule has 0 aromatic carbocycles. The van der Waals surface area contributed by atoms with Gasteiger partial charge in [0.05, 0.1) is 26.0 Å². The minimum Gasteiger partial charge on any atom is -0.394 e. The summed E-state index contributed by atoms with van der Waals surface area (Å²) in [6, 6.07) is 0.358. The first-order chi connectivity index (χ1) is 8.70. The lowest BCUT2D eigenvalue weighted by Gasteiger charge is -2.28. The van der Waals surface area contributed by atoms with Gasteiger partial charge in [-0.15, -0.1) is 5.10 Å². The summed E-state index contributed by atoms with van der Waals surface area (Å²) in [6.07, 6.45) is 2.82. The quantitative estimate of drug-likeness (QED) is 0.665. The number of ether oxygens (including phenoxy) is 1. The molecule has 0 aliphatic carbocycles. The fourth-order valence-electron chi connectivity index (χ4n) is 1.81. The van der Waals surface area contributed by atoms with Crippen molar-refractivity contribution < 1.29 is 9.84 Å². The van der Waals surface area contributed by atoms with Gasteiger partial charge < -0.3 is 14.7 Å². The van der Waals surface area contributed by atoms with Gasteiger partial charge in [-0.3, -0.25) is 0 Å². The predicted molar refractivity (Wildman–Crippen MR) is 70.7 cm³/mol. The van der Waals surface area contributed by atoms with Crippen LogP contribution in [0, 0.1) is 0 Å². The molecule has 0 fully saturated rings. The Hall–Kier alpha value is -1.14. The summed E-state index contributed by atoms with van der Waals surface area (Å²) in [5.41, 5.74) is 0. The third-order valence-electron chi connectivity index (χ3n) is 2.66. The first-order valence-electron chi connectivity index (χ1n) is 6.54. The van der Waals surface area contributed by atoms with Gasteiger partial charge in [0, 0.05) is 19.1 Å². The molecule has 6 heteroatoms. The smallest absolute Gasteiger partial charge is 0.147 e. The molecule has 1 aromatic heterocycles. The Labute approximate surface area is 109 Å². The van der Waals surface area contributed by atoms with Crippen molar-refractivity contribution >= 4 is 5.82 Å². The number of rotatable bonds is 9. The average molecular weight is 256 g/mol. The Balaban J connectivity index is 2.62. The monoisotopic (exact) mass is 256 g/mol. The van der Waals surface area contributed by atoms with E-state index in [0.717, 1.165) is 25.3 Å². The van der Waals surface area contributed by atoms with E-state index < -0.39 is 0 Å². The molecule has 0 aliphatic heterocycles. The Kier molecular flexibility index (Phi) is 6.67. The van der Waals surface area contributed by atoms with Crippen LogP contribution in [0.15, 0.2) is 6.20 Å². The van der Waals surface area contributed by atoms with Crippen LogP contribution in [0.5, 0.6) is 0 Å². The lowest BCUT2D eigenvalue weighted by Crippen LogP contribution is -2.36. The second kappa shape index (κ2) is 8.05. The summed E-state index contributed by atoms with van der Waals surface area (Å²) in [5, 5.41) is 16.8. The molecule has 0 unspecified atom stereocenters. The maximum atomic E-state index is 8.68. The Morgan fingerprint density at radius 3 is 2.83 bits per heavy atom. The molecule has 1 rings (SSSR count). The van der Waals surface area contributed by atoms with Crippen LogP contribution < -0.4 is 4.90 Å². The molecular formula is C12H24N4O2. The standard InChI is InChI=1S/C12H24N4O2/c1-4-5-16-12(10-13-14-16)15(11(2)3)6-8-18-9-7-17/h10-11,17H,4-9H2,1-3H3. The van der Waals surface area contributed by atoms with Crippen LogP contribution in [0.3, 0.4) is 0 Å². The molecule has 0 bridgehead atoms. The third-order valence-corrected chi connectivity index (χ3v) is 2.66. The largest absolute Gasteiger partial charge is 0.394 e. The van der Waals surface area contributed by atoms with Crippen LogP contribution in [0.2, 0.25) is 0 Å². The van der Waals surface area contributed by atoms with E-state index in [9.17, 15) is 0 Å². The number of hydrogen-bond donors (Lipinski definition) is 1. The molecular weight excluding hydrogens is 232 g/mol. The number of nitrogens with zero attached hydrogens (tertiary/aromatic N) is 4. The van der Waals surface area contributed by atoms with Gasteiger partial charge in [-0.1, -0.05) is 12.1 Å². The van der Waals surface area contributed by atoms with Crippen molar-refractivity contribution in [2.75, 3.05) is 31.3 Å². The van der Waals surface area contributed by atoms with E-state index in [1.54, 1.807) is 6.20 Å². The predicted octanol–water partition coefficient (Wildman–Crippen LogP) is 0.912. The van der Waals surface area contributed by atoms with Crippen LogP contribution >= 0.6 is 0 Å². The first kappa shape index (κ1) is 14.9. The van der Waals surface area contributed by atoms with Crippen LogP contribution in [0.25, 0.3) is 0 Å². The average Bonchev–Trinajstić information content (AvgIpc) is 2.77. The minimum atomic E-state index is 0.0665. The second-order valence-corrected chi connectivity index (χ2v) is 4.44. The van der Waals surface area contributed by atoms with Gasteiger partial charge in [0.25, 0.3) is 0 Å². The van der Waals surface area contributed by atoms with E-state index >= 15 is 0 Å². The maximum absolute atomic E-state index is 8.68. The summed E-state index contributed by atoms with van der Waals surface area (Å²) < 4.78 is 7.24. The summed E-state index contributed by atoms with van der Waals surface area (Å²) in [7, 11) is 0. The van der Waals surface area contributed by atoms with Gasteiger partial charge in [0.15, 0.2) is 0 Å². The van der Waals surface area contributed by atoms with E-state index in [2.05, 4.69) is 36.0 Å². The van der Waals surface area contributed by atoms with Crippen molar-refractivity contribution in [3.05, 3.63) is 6.20 Å². The topological polar surface area (TPSA) is 63.4 Å². The number of hydrogen-bond acceptors (Lipinski definition) is 5. The zero-order valence-corrected chi connectivity index (χ0v) is 11.5. The van der Waals surface area contributed by atoms with Gasteiger partial charge >= 0.3 is 0 Å². The fourth-order valence-corrected chi connectivity index (χ4v) is 1.81. The highest BCUT2D eigenvalue weighted by Gasteiger charge is 2.15. The van der Waals surface area contributed by atoms with Gasteiger partial charge in [0.2, 0.25) is 0 Å². The summed E-state index contributed by atoms with van der Waals surface area (Å²) in [6.45, 7) is 9.08. The van der Waals surface area contributed by atoms with E-state index in [-0.39, 0.29) is 6.61 Å². The molecule has 0 saturated heterocycles. The third kappa shape index (κ3) is 4.27. The van der Waals surface area contributed by atoms with Crippen LogP contribution in [-0.2, 0) is 11.3 Å². The van der Waals surface area contributed by atoms with E-state index in [1.165, 1.54) is 0 Å². The normalized spacial score (nSPS) is 11.2. The Morgan fingerprint density at radius 2 is 2.22 bits per heavy atom. The fraction of sp³-hybridized carbons (Fsp3) is 0.833. The zero-order chi connectivity index (χ0) is 13.4. The number of aromatic nitrogens is 3. The van der Waals surface area contributed by atoms with Crippen LogP contribution in [-0.4, -0.2) is 52.5 Å². The molecule has 1 aromatic rings. The van der Waals surface area contributed by atoms with Crippen molar-refractivity contribution in [2.24, 2.45) is 0 Å². The molecule has 6 nitrogen and oxygen atoms in total. The molecule has 1 heterocycles. The number of anilines is 1. The molecule has 104 valence electrons. The van der Waals surface area contributed by atoms with Gasteiger partial charge in [-0.2, -0.15) is 0 Å². The van der Waals surface area contributed by atoms with Crippen molar-refractivity contribution in [1.82, 2.24) is 15.0 Å². The first-order valence-corrected chi connectivity index (χ1v) is 6.54. The summed E-state index contributed by atoms with van der Waals surface area (Å²) >= 11 is 0. The second-order valence-electron chi connectivity index (χ2n) is 4.44. The van der Waals surface area contributed by atoms with Crippen molar-refractivity contribution in [3.8, 4) is 0 Å². The Bertz CT molecular complexity index is 328. The van der Waals surface area contributed by atoms with E-state index in [4.69, 9.17) is 9.84 Å². The maximum Gasteiger partial charge on any atom is 0.147 e. The SMILES string of the molecule is CCCn1nncc1N(CCOCCO)C(C)C. The highest BCUT2D eigenvalue weighted by Crippen LogP contribution is 2.15. The molecule has 0 radical (unpaired) electrons. The highest BCUT2D eigenvalue weighted by atomic mass is 16.5. The molecule has 18 heavy (non-hydrogen) atoms. The van der Waals surface area contributed by atoms with Gasteiger partial charge in [-0.05, 0) is 20.3 Å². The lowest BCUT2D eigenvalue weighted by molar-refractivity contribution is 0.0959. The summed E-state index contributed by atoms with van der Waals surface area (Å²) in [4.78, 5) is 2.22. The van der Waals surface area contributed by atoms with Gasteiger partial charge in [-0.25, -0.2) is 4.68 Å². The lowest BCUT2D eigenvalue weighted by atomic mass is 10.3. The molecule has 1 N–H and O–H groups in total. The number of aliphatic hydroxyl groups excluding tert-OH is 1. The summed E-state index contributed by atoms with van der Waals surface area (Å²) in [5.74, 6) is 1.03. The van der Waals surface area contributed by atoms with E-state index in [0.29, 0.717) is 19.3 Å². The van der Waals surface area contributed by atoms with Crippen LogP contribution in [0.4, 0.5) is 5.82 Å². The van der Waals surface area contributed by atoms with Gasteiger partial charge in [0.1, 0.15) is 5.82 Å².